The fourth-order valence-electron chi connectivity index (χ4n) is 1.37. The van der Waals surface area contributed by atoms with Crippen LogP contribution >= 0.6 is 0 Å². The van der Waals surface area contributed by atoms with E-state index < -0.39 is 0 Å². The van der Waals surface area contributed by atoms with Crippen LogP contribution in [0.1, 0.15) is 41.5 Å². The zero-order chi connectivity index (χ0) is 13.5. The van der Waals surface area contributed by atoms with E-state index in [1.807, 2.05) is 45.1 Å². The molecule has 0 saturated carbocycles. The molecule has 0 aliphatic rings. The molecule has 0 amide bonds. The van der Waals surface area contributed by atoms with Gasteiger partial charge in [0.25, 0.3) is 0 Å². The minimum absolute atomic E-state index is 1.08. The fourth-order valence-corrected chi connectivity index (χ4v) is 1.37. The molecule has 1 nitrogen and oxygen atoms in total. The molecule has 0 aromatic rings. The van der Waals surface area contributed by atoms with Gasteiger partial charge in [-0.3, -0.25) is 0 Å². The lowest BCUT2D eigenvalue weighted by Gasteiger charge is -2.21. The van der Waals surface area contributed by atoms with Crippen molar-refractivity contribution in [1.29, 1.82) is 0 Å². The van der Waals surface area contributed by atoms with Gasteiger partial charge in [0, 0.05) is 18.8 Å². The second-order valence-corrected chi connectivity index (χ2v) is 3.44. The molecule has 98 valence electrons. The largest absolute Gasteiger partial charge is 0.372 e. The Morgan fingerprint density at radius 1 is 0.824 bits per heavy atom. The second-order valence-electron chi connectivity index (χ2n) is 3.44. The van der Waals surface area contributed by atoms with E-state index in [0.29, 0.717) is 0 Å². The lowest BCUT2D eigenvalue weighted by atomic mass is 10.3. The summed E-state index contributed by atoms with van der Waals surface area (Å²) in [4.78, 5) is 2.33. The number of nitrogens with zero attached hydrogens (tertiary/aromatic N) is 1. The fraction of sp³-hybridized carbons (Fsp3) is 0.500. The number of rotatable bonds is 5. The summed E-state index contributed by atoms with van der Waals surface area (Å²) in [7, 11) is 0. The van der Waals surface area contributed by atoms with Gasteiger partial charge in [-0.15, -0.1) is 0 Å². The Morgan fingerprint density at radius 2 is 1.29 bits per heavy atom. The van der Waals surface area contributed by atoms with Crippen molar-refractivity contribution in [3.05, 3.63) is 48.2 Å². The number of hydrogen-bond donors (Lipinski definition) is 0. The van der Waals surface area contributed by atoms with Crippen LogP contribution in [0.3, 0.4) is 0 Å². The molecular weight excluding hydrogens is 206 g/mol. The predicted octanol–water partition coefficient (Wildman–Crippen LogP) is 4.95. The molecule has 0 fully saturated rings. The van der Waals surface area contributed by atoms with Gasteiger partial charge in [-0.25, -0.2) is 0 Å². The third-order valence-corrected chi connectivity index (χ3v) is 2.26. The Bertz CT molecular complexity index is 243. The van der Waals surface area contributed by atoms with E-state index in [1.165, 1.54) is 5.70 Å². The first-order chi connectivity index (χ1) is 8.21. The van der Waals surface area contributed by atoms with Crippen LogP contribution in [0.4, 0.5) is 0 Å². The van der Waals surface area contributed by atoms with Crippen molar-refractivity contribution in [3.63, 3.8) is 0 Å². The summed E-state index contributed by atoms with van der Waals surface area (Å²) in [5.74, 6) is 0. The highest BCUT2D eigenvalue weighted by Gasteiger charge is 1.98. The first-order valence-electron chi connectivity index (χ1n) is 6.49. The Kier molecular flexibility index (Phi) is 15.7. The molecule has 0 aliphatic heterocycles. The normalized spacial score (nSPS) is 12.2. The van der Waals surface area contributed by atoms with Gasteiger partial charge in [-0.1, -0.05) is 36.5 Å². The van der Waals surface area contributed by atoms with Gasteiger partial charge in [0.2, 0.25) is 0 Å². The smallest absolute Gasteiger partial charge is 0.0319 e. The van der Waals surface area contributed by atoms with Crippen LogP contribution in [-0.4, -0.2) is 18.0 Å². The van der Waals surface area contributed by atoms with Crippen LogP contribution in [0.25, 0.3) is 0 Å². The van der Waals surface area contributed by atoms with E-state index in [0.717, 1.165) is 13.1 Å². The minimum atomic E-state index is 1.08. The van der Waals surface area contributed by atoms with Crippen molar-refractivity contribution in [2.24, 2.45) is 0 Å². The molecule has 0 unspecified atom stereocenters. The second kappa shape index (κ2) is 14.8. The Hall–Kier alpha value is -1.24. The van der Waals surface area contributed by atoms with Crippen LogP contribution < -0.4 is 0 Å². The average molecular weight is 235 g/mol. The van der Waals surface area contributed by atoms with Gasteiger partial charge >= 0.3 is 0 Å². The molecule has 0 aromatic carbocycles. The highest BCUT2D eigenvalue weighted by atomic mass is 15.1. The monoisotopic (exact) mass is 235 g/mol. The third-order valence-electron chi connectivity index (χ3n) is 2.26. The molecule has 1 heteroatoms. The van der Waals surface area contributed by atoms with E-state index in [-0.39, 0.29) is 0 Å². The molecule has 17 heavy (non-hydrogen) atoms. The molecule has 0 atom stereocenters. The quantitative estimate of drug-likeness (QED) is 0.610. The Labute approximate surface area is 108 Å². The molecule has 0 heterocycles. The van der Waals surface area contributed by atoms with Crippen molar-refractivity contribution < 1.29 is 0 Å². The molecule has 0 aliphatic carbocycles. The SMILES string of the molecule is C/C=C\C(=C/C)N(CC)CC.C/C=C\C=C/C. The summed E-state index contributed by atoms with van der Waals surface area (Å²) in [6.07, 6.45) is 14.4. The van der Waals surface area contributed by atoms with Crippen LogP contribution in [0.5, 0.6) is 0 Å². The van der Waals surface area contributed by atoms with Crippen molar-refractivity contribution in [3.8, 4) is 0 Å². The van der Waals surface area contributed by atoms with Crippen LogP contribution in [0.2, 0.25) is 0 Å². The highest BCUT2D eigenvalue weighted by Crippen LogP contribution is 2.04. The molecular formula is C16H29N. The van der Waals surface area contributed by atoms with Crippen molar-refractivity contribution >= 4 is 0 Å². The molecule has 0 radical (unpaired) electrons. The van der Waals surface area contributed by atoms with Gasteiger partial charge in [0.15, 0.2) is 0 Å². The zero-order valence-electron chi connectivity index (χ0n) is 12.4. The van der Waals surface area contributed by atoms with Crippen LogP contribution in [0, 0.1) is 0 Å². The third kappa shape index (κ3) is 11.0. The highest BCUT2D eigenvalue weighted by molar-refractivity contribution is 5.15. The summed E-state index contributed by atoms with van der Waals surface area (Å²) in [5.41, 5.74) is 1.32. The Morgan fingerprint density at radius 3 is 1.53 bits per heavy atom. The first kappa shape index (κ1) is 18.1. The molecule has 0 aromatic heterocycles. The molecule has 0 saturated heterocycles. The zero-order valence-corrected chi connectivity index (χ0v) is 12.4. The van der Waals surface area contributed by atoms with Crippen molar-refractivity contribution in [1.82, 2.24) is 4.90 Å². The Balaban J connectivity index is 0. The summed E-state index contributed by atoms with van der Waals surface area (Å²) in [6, 6.07) is 0. The van der Waals surface area contributed by atoms with E-state index in [4.69, 9.17) is 0 Å². The molecule has 0 rings (SSSR count). The first-order valence-corrected chi connectivity index (χ1v) is 6.49. The van der Waals surface area contributed by atoms with Crippen LogP contribution in [0.15, 0.2) is 48.2 Å². The summed E-state index contributed by atoms with van der Waals surface area (Å²) in [6.45, 7) is 14.6. The summed E-state index contributed by atoms with van der Waals surface area (Å²) >= 11 is 0. The topological polar surface area (TPSA) is 3.24 Å². The summed E-state index contributed by atoms with van der Waals surface area (Å²) < 4.78 is 0. The van der Waals surface area contributed by atoms with E-state index in [2.05, 4.69) is 43.9 Å². The van der Waals surface area contributed by atoms with Gasteiger partial charge in [0.05, 0.1) is 0 Å². The van der Waals surface area contributed by atoms with E-state index in [1.54, 1.807) is 0 Å². The molecule has 0 spiro atoms. The summed E-state index contributed by atoms with van der Waals surface area (Å²) in [5, 5.41) is 0. The van der Waals surface area contributed by atoms with Gasteiger partial charge in [-0.2, -0.15) is 0 Å². The van der Waals surface area contributed by atoms with Crippen LogP contribution in [-0.2, 0) is 0 Å². The van der Waals surface area contributed by atoms with Gasteiger partial charge in [0.1, 0.15) is 0 Å². The maximum Gasteiger partial charge on any atom is 0.0319 e. The lowest BCUT2D eigenvalue weighted by molar-refractivity contribution is 0.394. The molecule has 0 N–H and O–H groups in total. The predicted molar refractivity (Wildman–Crippen MR) is 81.1 cm³/mol. The maximum absolute atomic E-state index is 2.33. The maximum atomic E-state index is 2.33. The van der Waals surface area contributed by atoms with Gasteiger partial charge < -0.3 is 4.90 Å². The number of allylic oxidation sites excluding steroid dienone is 7. The van der Waals surface area contributed by atoms with Gasteiger partial charge in [-0.05, 0) is 47.6 Å². The van der Waals surface area contributed by atoms with E-state index in [9.17, 15) is 0 Å². The number of hydrogen-bond acceptors (Lipinski definition) is 1. The average Bonchev–Trinajstić information content (AvgIpc) is 2.37. The standard InChI is InChI=1S/C10H19N.C6H10/c1-5-9-10(6-2)11(7-3)8-4;1-3-5-6-4-2/h5-6,9H,7-8H2,1-4H3;3-6H,1-2H3/b9-5-,10-6+;5-3-,6-4-. The lowest BCUT2D eigenvalue weighted by Crippen LogP contribution is -2.20. The van der Waals surface area contributed by atoms with Crippen molar-refractivity contribution in [2.45, 2.75) is 41.5 Å². The van der Waals surface area contributed by atoms with Crippen molar-refractivity contribution in [2.75, 3.05) is 13.1 Å². The molecule has 0 bridgehead atoms. The van der Waals surface area contributed by atoms with E-state index >= 15 is 0 Å². The number of likely N-dealkylation sites (N-methyl/N-ethyl adjacent to an activating group) is 1. The minimum Gasteiger partial charge on any atom is -0.372 e.